The lowest BCUT2D eigenvalue weighted by Gasteiger charge is -2.26. The normalized spacial score (nSPS) is 14.2. The second-order valence-electron chi connectivity index (χ2n) is 7.19. The Bertz CT molecular complexity index is 863. The summed E-state index contributed by atoms with van der Waals surface area (Å²) in [5.74, 6) is -0.250. The summed E-state index contributed by atoms with van der Waals surface area (Å²) >= 11 is 7.26. The van der Waals surface area contributed by atoms with Crippen molar-refractivity contribution in [1.29, 1.82) is 0 Å². The van der Waals surface area contributed by atoms with Crippen LogP contribution in [0.2, 0.25) is 4.47 Å². The lowest BCUT2D eigenvalue weighted by molar-refractivity contribution is -0.117. The predicted octanol–water partition coefficient (Wildman–Crippen LogP) is 4.10. The third-order valence-electron chi connectivity index (χ3n) is 3.72. The van der Waals surface area contributed by atoms with Crippen LogP contribution in [-0.4, -0.2) is 34.0 Å². The van der Waals surface area contributed by atoms with Crippen LogP contribution in [0.25, 0.3) is 0 Å². The van der Waals surface area contributed by atoms with Crippen LogP contribution in [0.1, 0.15) is 31.2 Å². The molecule has 0 saturated carbocycles. The number of nitrogens with zero attached hydrogens (tertiary/aromatic N) is 2. The van der Waals surface area contributed by atoms with Gasteiger partial charge in [0.05, 0.1) is 13.1 Å². The number of carbonyl (C=O) groups is 2. The number of thiazole rings is 1. The molecule has 1 aromatic carbocycles. The maximum absolute atomic E-state index is 12.4. The molecule has 0 fully saturated rings. The minimum absolute atomic E-state index is 0.0499. The molecule has 2 amide bonds. The SMILES string of the molecule is CC(C)(C)OC(=O)N1CC(=O)Nc2ccc(NCc3cnc(Cl)s3)cc2C1. The first kappa shape index (κ1) is 19.4. The molecule has 3 rings (SSSR count). The van der Waals surface area contributed by atoms with E-state index in [0.717, 1.165) is 16.1 Å². The Balaban J connectivity index is 1.75. The van der Waals surface area contributed by atoms with Crippen molar-refractivity contribution in [3.05, 3.63) is 39.3 Å². The van der Waals surface area contributed by atoms with E-state index in [2.05, 4.69) is 15.6 Å². The minimum atomic E-state index is -0.623. The van der Waals surface area contributed by atoms with Crippen LogP contribution in [0, 0.1) is 0 Å². The van der Waals surface area contributed by atoms with E-state index in [1.165, 1.54) is 16.2 Å². The maximum Gasteiger partial charge on any atom is 0.411 e. The van der Waals surface area contributed by atoms with E-state index in [0.29, 0.717) is 16.7 Å². The molecule has 0 bridgehead atoms. The van der Waals surface area contributed by atoms with Crippen molar-refractivity contribution in [2.24, 2.45) is 0 Å². The number of fused-ring (bicyclic) bond motifs is 1. The van der Waals surface area contributed by atoms with Crippen molar-refractivity contribution in [2.75, 3.05) is 17.2 Å². The lowest BCUT2D eigenvalue weighted by atomic mass is 10.1. The number of anilines is 2. The highest BCUT2D eigenvalue weighted by atomic mass is 35.5. The van der Waals surface area contributed by atoms with Gasteiger partial charge in [0.15, 0.2) is 4.47 Å². The molecule has 144 valence electrons. The number of benzene rings is 1. The Morgan fingerprint density at radius 1 is 1.41 bits per heavy atom. The summed E-state index contributed by atoms with van der Waals surface area (Å²) in [5.41, 5.74) is 1.78. The first-order valence-corrected chi connectivity index (χ1v) is 9.64. The number of hydrogen-bond acceptors (Lipinski definition) is 6. The molecule has 9 heteroatoms. The Hall–Kier alpha value is -2.32. The highest BCUT2D eigenvalue weighted by Crippen LogP contribution is 2.26. The van der Waals surface area contributed by atoms with Crippen LogP contribution in [-0.2, 0) is 22.6 Å². The van der Waals surface area contributed by atoms with Gasteiger partial charge in [0.1, 0.15) is 12.1 Å². The molecule has 7 nitrogen and oxygen atoms in total. The highest BCUT2D eigenvalue weighted by Gasteiger charge is 2.27. The molecule has 0 radical (unpaired) electrons. The zero-order valence-electron chi connectivity index (χ0n) is 15.3. The van der Waals surface area contributed by atoms with Crippen LogP contribution in [0.5, 0.6) is 0 Å². The van der Waals surface area contributed by atoms with Crippen molar-refractivity contribution < 1.29 is 14.3 Å². The standard InChI is InChI=1S/C18H21ClN4O3S/c1-18(2,3)26-17(25)23-9-11-6-12(4-5-14(11)22-15(24)10-23)20-7-13-8-21-16(19)27-13/h4-6,8,20H,7,9-10H2,1-3H3,(H,22,24). The Morgan fingerprint density at radius 3 is 2.85 bits per heavy atom. The number of nitrogens with one attached hydrogen (secondary N) is 2. The average molecular weight is 409 g/mol. The van der Waals surface area contributed by atoms with Gasteiger partial charge in [0.2, 0.25) is 5.91 Å². The summed E-state index contributed by atoms with van der Waals surface area (Å²) in [6.07, 6.45) is 1.22. The fourth-order valence-corrected chi connectivity index (χ4v) is 3.51. The van der Waals surface area contributed by atoms with Gasteiger partial charge in [-0.25, -0.2) is 9.78 Å². The molecule has 0 atom stereocenters. The summed E-state index contributed by atoms with van der Waals surface area (Å²) in [5, 5.41) is 6.14. The molecule has 0 unspecified atom stereocenters. The molecular weight excluding hydrogens is 388 g/mol. The van der Waals surface area contributed by atoms with Gasteiger partial charge in [-0.05, 0) is 44.5 Å². The van der Waals surface area contributed by atoms with E-state index in [4.69, 9.17) is 16.3 Å². The zero-order valence-corrected chi connectivity index (χ0v) is 16.9. The Kier molecular flexibility index (Phi) is 5.57. The van der Waals surface area contributed by atoms with Gasteiger partial charge < -0.3 is 15.4 Å². The van der Waals surface area contributed by atoms with Crippen molar-refractivity contribution in [3.63, 3.8) is 0 Å². The van der Waals surface area contributed by atoms with Gasteiger partial charge in [-0.15, -0.1) is 11.3 Å². The van der Waals surface area contributed by atoms with Gasteiger partial charge >= 0.3 is 6.09 Å². The number of rotatable bonds is 3. The van der Waals surface area contributed by atoms with E-state index >= 15 is 0 Å². The number of amides is 2. The third-order valence-corrected chi connectivity index (χ3v) is 4.83. The fourth-order valence-electron chi connectivity index (χ4n) is 2.59. The number of halogens is 1. The molecule has 2 aromatic rings. The Morgan fingerprint density at radius 2 is 2.19 bits per heavy atom. The second kappa shape index (κ2) is 7.74. The molecule has 27 heavy (non-hydrogen) atoms. The first-order chi connectivity index (χ1) is 12.7. The molecule has 1 aliphatic heterocycles. The minimum Gasteiger partial charge on any atom is -0.444 e. The number of ether oxygens (including phenoxy) is 1. The molecule has 2 N–H and O–H groups in total. The van der Waals surface area contributed by atoms with Crippen molar-refractivity contribution in [1.82, 2.24) is 9.88 Å². The lowest BCUT2D eigenvalue weighted by Crippen LogP contribution is -2.39. The van der Waals surface area contributed by atoms with E-state index in [1.54, 1.807) is 27.0 Å². The first-order valence-electron chi connectivity index (χ1n) is 8.44. The van der Waals surface area contributed by atoms with Crippen molar-refractivity contribution >= 4 is 46.3 Å². The van der Waals surface area contributed by atoms with Crippen molar-refractivity contribution in [3.8, 4) is 0 Å². The van der Waals surface area contributed by atoms with Crippen LogP contribution < -0.4 is 10.6 Å². The van der Waals surface area contributed by atoms with Crippen LogP contribution in [0.3, 0.4) is 0 Å². The molecule has 0 saturated heterocycles. The number of aromatic nitrogens is 1. The van der Waals surface area contributed by atoms with E-state index in [9.17, 15) is 9.59 Å². The van der Waals surface area contributed by atoms with Gasteiger partial charge in [0.25, 0.3) is 0 Å². The van der Waals surface area contributed by atoms with Crippen molar-refractivity contribution in [2.45, 2.75) is 39.5 Å². The number of hydrogen-bond donors (Lipinski definition) is 2. The smallest absolute Gasteiger partial charge is 0.411 e. The monoisotopic (exact) mass is 408 g/mol. The van der Waals surface area contributed by atoms with Crippen LogP contribution in [0.15, 0.2) is 24.4 Å². The van der Waals surface area contributed by atoms with Gasteiger partial charge in [-0.3, -0.25) is 9.69 Å². The summed E-state index contributed by atoms with van der Waals surface area (Å²) in [7, 11) is 0. The van der Waals surface area contributed by atoms with E-state index < -0.39 is 11.7 Å². The second-order valence-corrected chi connectivity index (χ2v) is 8.89. The van der Waals surface area contributed by atoms with E-state index in [1.807, 2.05) is 18.2 Å². The molecule has 0 aliphatic carbocycles. The van der Waals surface area contributed by atoms with Gasteiger partial charge in [-0.1, -0.05) is 11.6 Å². The predicted molar refractivity (Wildman–Crippen MR) is 106 cm³/mol. The fraction of sp³-hybridized carbons (Fsp3) is 0.389. The maximum atomic E-state index is 12.4. The van der Waals surface area contributed by atoms with E-state index in [-0.39, 0.29) is 19.0 Å². The van der Waals surface area contributed by atoms with Crippen LogP contribution >= 0.6 is 22.9 Å². The summed E-state index contributed by atoms with van der Waals surface area (Å²) < 4.78 is 5.91. The quantitative estimate of drug-likeness (QED) is 0.798. The third kappa shape index (κ3) is 5.33. The molecular formula is C18H21ClN4O3S. The van der Waals surface area contributed by atoms with Crippen LogP contribution in [0.4, 0.5) is 16.2 Å². The topological polar surface area (TPSA) is 83.6 Å². The van der Waals surface area contributed by atoms with Gasteiger partial charge in [0, 0.05) is 22.4 Å². The molecule has 0 spiro atoms. The zero-order chi connectivity index (χ0) is 19.6. The highest BCUT2D eigenvalue weighted by molar-refractivity contribution is 7.15. The average Bonchev–Trinajstić information content (AvgIpc) is 2.89. The largest absolute Gasteiger partial charge is 0.444 e. The Labute approximate surface area is 166 Å². The summed E-state index contributed by atoms with van der Waals surface area (Å²) in [6.45, 7) is 6.21. The van der Waals surface area contributed by atoms with Gasteiger partial charge in [-0.2, -0.15) is 0 Å². The molecule has 2 heterocycles. The molecule has 1 aliphatic rings. The number of carbonyl (C=O) groups excluding carboxylic acids is 2. The molecule has 1 aromatic heterocycles. The summed E-state index contributed by atoms with van der Waals surface area (Å²) in [6, 6.07) is 5.62. The summed E-state index contributed by atoms with van der Waals surface area (Å²) in [4.78, 5) is 31.0.